The highest BCUT2D eigenvalue weighted by molar-refractivity contribution is 5.35. The van der Waals surface area contributed by atoms with Gasteiger partial charge < -0.3 is 19.9 Å². The molecule has 0 atom stereocenters. The SMILES string of the molecule is CCCOc1nc(NC)nc(NCCc2nccn2C)n1. The van der Waals surface area contributed by atoms with Gasteiger partial charge in [0.2, 0.25) is 11.9 Å². The van der Waals surface area contributed by atoms with Crippen molar-refractivity contribution in [1.29, 1.82) is 0 Å². The fourth-order valence-corrected chi connectivity index (χ4v) is 1.73. The maximum absolute atomic E-state index is 5.45. The monoisotopic (exact) mass is 291 g/mol. The number of hydrogen-bond donors (Lipinski definition) is 2. The third kappa shape index (κ3) is 4.30. The summed E-state index contributed by atoms with van der Waals surface area (Å²) in [6, 6.07) is 0.329. The van der Waals surface area contributed by atoms with E-state index >= 15 is 0 Å². The summed E-state index contributed by atoms with van der Waals surface area (Å²) in [4.78, 5) is 16.9. The molecule has 21 heavy (non-hydrogen) atoms. The predicted molar refractivity (Wildman–Crippen MR) is 80.6 cm³/mol. The topological polar surface area (TPSA) is 89.8 Å². The third-order valence-corrected chi connectivity index (χ3v) is 2.83. The zero-order valence-corrected chi connectivity index (χ0v) is 12.6. The van der Waals surface area contributed by atoms with Crippen molar-refractivity contribution in [3.8, 4) is 6.01 Å². The van der Waals surface area contributed by atoms with Gasteiger partial charge in [0.1, 0.15) is 5.82 Å². The van der Waals surface area contributed by atoms with Gasteiger partial charge in [0, 0.05) is 39.5 Å². The van der Waals surface area contributed by atoms with Crippen molar-refractivity contribution in [3.63, 3.8) is 0 Å². The van der Waals surface area contributed by atoms with Crippen molar-refractivity contribution in [2.45, 2.75) is 19.8 Å². The molecule has 114 valence electrons. The molecule has 8 heteroatoms. The van der Waals surface area contributed by atoms with Gasteiger partial charge in [0.05, 0.1) is 6.61 Å². The van der Waals surface area contributed by atoms with Crippen LogP contribution in [0.4, 0.5) is 11.9 Å². The van der Waals surface area contributed by atoms with Crippen LogP contribution in [-0.4, -0.2) is 44.7 Å². The molecule has 0 unspecified atom stereocenters. The summed E-state index contributed by atoms with van der Waals surface area (Å²) in [5, 5.41) is 6.06. The van der Waals surface area contributed by atoms with Crippen LogP contribution in [0.25, 0.3) is 0 Å². The van der Waals surface area contributed by atoms with Crippen LogP contribution in [-0.2, 0) is 13.5 Å². The summed E-state index contributed by atoms with van der Waals surface area (Å²) >= 11 is 0. The van der Waals surface area contributed by atoms with Crippen LogP contribution in [0.3, 0.4) is 0 Å². The minimum absolute atomic E-state index is 0.329. The van der Waals surface area contributed by atoms with E-state index in [9.17, 15) is 0 Å². The number of aryl methyl sites for hydroxylation is 1. The highest BCUT2D eigenvalue weighted by Gasteiger charge is 2.07. The van der Waals surface area contributed by atoms with Gasteiger partial charge in [-0.05, 0) is 6.42 Å². The van der Waals surface area contributed by atoms with Gasteiger partial charge in [-0.3, -0.25) is 0 Å². The zero-order chi connectivity index (χ0) is 15.1. The summed E-state index contributed by atoms with van der Waals surface area (Å²) in [5.41, 5.74) is 0. The quantitative estimate of drug-likeness (QED) is 0.752. The lowest BCUT2D eigenvalue weighted by Gasteiger charge is -2.09. The van der Waals surface area contributed by atoms with E-state index in [-0.39, 0.29) is 0 Å². The maximum Gasteiger partial charge on any atom is 0.323 e. The molecule has 2 aromatic rings. The molecule has 0 aromatic carbocycles. The van der Waals surface area contributed by atoms with Crippen molar-refractivity contribution in [2.75, 3.05) is 30.8 Å². The molecule has 0 amide bonds. The Balaban J connectivity index is 1.96. The van der Waals surface area contributed by atoms with Crippen molar-refractivity contribution in [3.05, 3.63) is 18.2 Å². The lowest BCUT2D eigenvalue weighted by molar-refractivity contribution is 0.292. The van der Waals surface area contributed by atoms with Gasteiger partial charge in [0.15, 0.2) is 0 Å². The number of anilines is 2. The normalized spacial score (nSPS) is 10.4. The Kier molecular flexibility index (Phi) is 5.30. The maximum atomic E-state index is 5.45. The van der Waals surface area contributed by atoms with Crippen LogP contribution >= 0.6 is 0 Å². The van der Waals surface area contributed by atoms with Crippen molar-refractivity contribution >= 4 is 11.9 Å². The first-order chi connectivity index (χ1) is 10.2. The van der Waals surface area contributed by atoms with E-state index in [0.29, 0.717) is 31.1 Å². The van der Waals surface area contributed by atoms with E-state index in [1.807, 2.05) is 24.7 Å². The number of hydrogen-bond acceptors (Lipinski definition) is 7. The molecule has 0 bridgehead atoms. The summed E-state index contributed by atoms with van der Waals surface area (Å²) in [5.74, 6) is 1.98. The Morgan fingerprint density at radius 2 is 2.05 bits per heavy atom. The molecule has 0 radical (unpaired) electrons. The number of aromatic nitrogens is 5. The molecule has 0 aliphatic carbocycles. The molecule has 8 nitrogen and oxygen atoms in total. The van der Waals surface area contributed by atoms with Gasteiger partial charge in [-0.15, -0.1) is 0 Å². The molecular weight excluding hydrogens is 270 g/mol. The lowest BCUT2D eigenvalue weighted by atomic mass is 10.4. The Morgan fingerprint density at radius 1 is 1.24 bits per heavy atom. The number of nitrogens with one attached hydrogen (secondary N) is 2. The highest BCUT2D eigenvalue weighted by atomic mass is 16.5. The molecule has 2 heterocycles. The average Bonchev–Trinajstić information content (AvgIpc) is 2.90. The Morgan fingerprint density at radius 3 is 2.71 bits per heavy atom. The van der Waals surface area contributed by atoms with Crippen LogP contribution in [0, 0.1) is 0 Å². The van der Waals surface area contributed by atoms with Crippen LogP contribution in [0.2, 0.25) is 0 Å². The van der Waals surface area contributed by atoms with Crippen LogP contribution in [0.5, 0.6) is 6.01 Å². The van der Waals surface area contributed by atoms with E-state index < -0.39 is 0 Å². The van der Waals surface area contributed by atoms with Gasteiger partial charge in [-0.2, -0.15) is 15.0 Å². The van der Waals surface area contributed by atoms with Gasteiger partial charge >= 0.3 is 6.01 Å². The second kappa shape index (κ2) is 7.41. The smallest absolute Gasteiger partial charge is 0.323 e. The van der Waals surface area contributed by atoms with E-state index in [4.69, 9.17) is 4.74 Å². The molecule has 0 spiro atoms. The van der Waals surface area contributed by atoms with E-state index in [2.05, 4.69) is 30.6 Å². The van der Waals surface area contributed by atoms with Gasteiger partial charge in [-0.25, -0.2) is 4.98 Å². The predicted octanol–water partition coefficient (Wildman–Crippen LogP) is 1.09. The summed E-state index contributed by atoms with van der Waals surface area (Å²) in [6.07, 6.45) is 5.40. The average molecular weight is 291 g/mol. The van der Waals surface area contributed by atoms with Gasteiger partial charge in [0.25, 0.3) is 0 Å². The number of imidazole rings is 1. The molecule has 2 N–H and O–H groups in total. The molecule has 0 aliphatic heterocycles. The van der Waals surface area contributed by atoms with Crippen molar-refractivity contribution < 1.29 is 4.74 Å². The Labute approximate surface area is 124 Å². The third-order valence-electron chi connectivity index (χ3n) is 2.83. The molecule has 0 fully saturated rings. The van der Waals surface area contributed by atoms with E-state index in [1.165, 1.54) is 0 Å². The van der Waals surface area contributed by atoms with Crippen molar-refractivity contribution in [1.82, 2.24) is 24.5 Å². The fraction of sp³-hybridized carbons (Fsp3) is 0.538. The first-order valence-corrected chi connectivity index (χ1v) is 6.99. The van der Waals surface area contributed by atoms with E-state index in [1.54, 1.807) is 13.2 Å². The Hall–Kier alpha value is -2.38. The molecule has 0 saturated carbocycles. The molecule has 2 aromatic heterocycles. The lowest BCUT2D eigenvalue weighted by Crippen LogP contribution is -2.13. The fourth-order valence-electron chi connectivity index (χ4n) is 1.73. The molecule has 0 aliphatic rings. The zero-order valence-electron chi connectivity index (χ0n) is 12.6. The second-order valence-corrected chi connectivity index (χ2v) is 4.49. The highest BCUT2D eigenvalue weighted by Crippen LogP contribution is 2.11. The first-order valence-electron chi connectivity index (χ1n) is 6.99. The molecular formula is C13H21N7O. The minimum atomic E-state index is 0.329. The number of rotatable bonds is 8. The van der Waals surface area contributed by atoms with E-state index in [0.717, 1.165) is 18.7 Å². The van der Waals surface area contributed by atoms with Crippen LogP contribution < -0.4 is 15.4 Å². The minimum Gasteiger partial charge on any atom is -0.463 e. The summed E-state index contributed by atoms with van der Waals surface area (Å²) in [6.45, 7) is 3.30. The number of ether oxygens (including phenoxy) is 1. The Bertz CT molecular complexity index is 569. The standard InChI is InChI=1S/C13H21N7O/c1-4-9-21-13-18-11(14-2)17-12(19-13)16-6-5-10-15-7-8-20(10)3/h7-8H,4-6,9H2,1-3H3,(H2,14,16,17,18,19). The second-order valence-electron chi connectivity index (χ2n) is 4.49. The summed E-state index contributed by atoms with van der Waals surface area (Å²) in [7, 11) is 3.73. The first kappa shape index (κ1) is 15.0. The van der Waals surface area contributed by atoms with Crippen molar-refractivity contribution in [2.24, 2.45) is 7.05 Å². The largest absolute Gasteiger partial charge is 0.463 e. The summed E-state index contributed by atoms with van der Waals surface area (Å²) < 4.78 is 7.44. The van der Waals surface area contributed by atoms with Gasteiger partial charge in [-0.1, -0.05) is 6.92 Å². The molecule has 2 rings (SSSR count). The molecule has 0 saturated heterocycles. The van der Waals surface area contributed by atoms with Crippen LogP contribution in [0.1, 0.15) is 19.2 Å². The van der Waals surface area contributed by atoms with Crippen LogP contribution in [0.15, 0.2) is 12.4 Å². The number of nitrogens with zero attached hydrogens (tertiary/aromatic N) is 5.